The molecular formula is C15H24ClNS. The molecule has 1 aromatic heterocycles. The molecule has 1 aliphatic rings. The summed E-state index contributed by atoms with van der Waals surface area (Å²) >= 11 is 8.11. The van der Waals surface area contributed by atoms with E-state index in [-0.39, 0.29) is 5.41 Å². The van der Waals surface area contributed by atoms with Crippen LogP contribution in [-0.2, 0) is 10.8 Å². The smallest absolute Gasteiger partial charge is 0.0934 e. The number of hydrogen-bond acceptors (Lipinski definition) is 2. The molecule has 1 aromatic rings. The van der Waals surface area contributed by atoms with Crippen LogP contribution in [0.15, 0.2) is 6.07 Å². The molecule has 1 aliphatic heterocycles. The average molecular weight is 286 g/mol. The minimum atomic E-state index is 0.229. The van der Waals surface area contributed by atoms with Crippen LogP contribution in [0.2, 0.25) is 4.34 Å². The summed E-state index contributed by atoms with van der Waals surface area (Å²) in [5, 5.41) is 3.46. The van der Waals surface area contributed by atoms with Gasteiger partial charge in [-0.3, -0.25) is 0 Å². The largest absolute Gasteiger partial charge is 0.317 e. The molecule has 0 spiro atoms. The molecule has 3 heteroatoms. The first-order valence-corrected chi connectivity index (χ1v) is 8.09. The molecule has 0 bridgehead atoms. The summed E-state index contributed by atoms with van der Waals surface area (Å²) in [6.45, 7) is 11.6. The van der Waals surface area contributed by atoms with Crippen molar-refractivity contribution < 1.29 is 0 Å². The lowest BCUT2D eigenvalue weighted by Crippen LogP contribution is -2.38. The first kappa shape index (κ1) is 14.4. The molecule has 0 atom stereocenters. The van der Waals surface area contributed by atoms with Gasteiger partial charge in [0.05, 0.1) is 4.34 Å². The van der Waals surface area contributed by atoms with E-state index in [1.807, 2.05) is 0 Å². The van der Waals surface area contributed by atoms with Crippen LogP contribution in [0.5, 0.6) is 0 Å². The van der Waals surface area contributed by atoms with E-state index in [1.165, 1.54) is 23.3 Å². The maximum Gasteiger partial charge on any atom is 0.0934 e. The second kappa shape index (κ2) is 5.15. The van der Waals surface area contributed by atoms with Gasteiger partial charge in [0.1, 0.15) is 0 Å². The number of thiophene rings is 1. The van der Waals surface area contributed by atoms with E-state index in [4.69, 9.17) is 11.6 Å². The van der Waals surface area contributed by atoms with Gasteiger partial charge in [-0.05, 0) is 49.4 Å². The van der Waals surface area contributed by atoms with Crippen molar-refractivity contribution in [1.82, 2.24) is 5.32 Å². The quantitative estimate of drug-likeness (QED) is 0.846. The summed E-state index contributed by atoms with van der Waals surface area (Å²) in [5.74, 6) is 0. The molecule has 0 unspecified atom stereocenters. The van der Waals surface area contributed by atoms with Crippen molar-refractivity contribution in [3.05, 3.63) is 20.8 Å². The summed E-state index contributed by atoms with van der Waals surface area (Å²) in [6.07, 6.45) is 3.59. The summed E-state index contributed by atoms with van der Waals surface area (Å²) in [5.41, 5.74) is 2.02. The highest BCUT2D eigenvalue weighted by atomic mass is 35.5. The highest BCUT2D eigenvalue weighted by molar-refractivity contribution is 7.16. The lowest BCUT2D eigenvalue weighted by atomic mass is 9.73. The minimum absolute atomic E-state index is 0.229. The molecule has 1 saturated heterocycles. The first-order valence-electron chi connectivity index (χ1n) is 6.90. The SMILES string of the molecule is CCC(C)(C)c1cc(Cl)sc1C1(C)CCNCC1. The summed E-state index contributed by atoms with van der Waals surface area (Å²) in [7, 11) is 0. The molecule has 1 N–H and O–H groups in total. The topological polar surface area (TPSA) is 12.0 Å². The maximum atomic E-state index is 6.31. The van der Waals surface area contributed by atoms with Gasteiger partial charge in [-0.15, -0.1) is 11.3 Å². The number of nitrogens with one attached hydrogen (secondary N) is 1. The number of halogens is 1. The Morgan fingerprint density at radius 2 is 2.00 bits per heavy atom. The van der Waals surface area contributed by atoms with Crippen molar-refractivity contribution >= 4 is 22.9 Å². The van der Waals surface area contributed by atoms with Crippen molar-refractivity contribution in [2.75, 3.05) is 13.1 Å². The van der Waals surface area contributed by atoms with Crippen LogP contribution in [0.3, 0.4) is 0 Å². The van der Waals surface area contributed by atoms with E-state index < -0.39 is 0 Å². The molecule has 0 radical (unpaired) electrons. The summed E-state index contributed by atoms with van der Waals surface area (Å²) in [4.78, 5) is 1.53. The molecule has 18 heavy (non-hydrogen) atoms. The normalized spacial score (nSPS) is 20.1. The Bertz CT molecular complexity index is 416. The van der Waals surface area contributed by atoms with Crippen LogP contribution >= 0.6 is 22.9 Å². The highest BCUT2D eigenvalue weighted by Gasteiger charge is 2.36. The van der Waals surface area contributed by atoms with Crippen LogP contribution in [0.25, 0.3) is 0 Å². The minimum Gasteiger partial charge on any atom is -0.317 e. The van der Waals surface area contributed by atoms with Crippen LogP contribution in [-0.4, -0.2) is 13.1 Å². The number of piperidine rings is 1. The van der Waals surface area contributed by atoms with Crippen molar-refractivity contribution in [3.8, 4) is 0 Å². The Hall–Kier alpha value is -0.0500. The fourth-order valence-corrected chi connectivity index (χ4v) is 4.32. The Morgan fingerprint density at radius 3 is 2.56 bits per heavy atom. The Labute approximate surface area is 120 Å². The van der Waals surface area contributed by atoms with E-state index in [0.717, 1.165) is 23.8 Å². The molecule has 1 fully saturated rings. The lowest BCUT2D eigenvalue weighted by Gasteiger charge is -2.37. The molecular weight excluding hydrogens is 262 g/mol. The van der Waals surface area contributed by atoms with Crippen molar-refractivity contribution in [2.45, 2.75) is 57.8 Å². The predicted octanol–water partition coefficient (Wildman–Crippen LogP) is 4.73. The van der Waals surface area contributed by atoms with Gasteiger partial charge in [0.2, 0.25) is 0 Å². The number of rotatable bonds is 3. The van der Waals surface area contributed by atoms with E-state index in [1.54, 1.807) is 11.3 Å². The van der Waals surface area contributed by atoms with Gasteiger partial charge in [0, 0.05) is 10.3 Å². The first-order chi connectivity index (χ1) is 8.39. The molecule has 102 valence electrons. The van der Waals surface area contributed by atoms with Crippen LogP contribution in [0, 0.1) is 0 Å². The average Bonchev–Trinajstić information content (AvgIpc) is 2.74. The van der Waals surface area contributed by atoms with E-state index in [2.05, 4.69) is 39.1 Å². The Morgan fingerprint density at radius 1 is 1.39 bits per heavy atom. The molecule has 0 aliphatic carbocycles. The van der Waals surface area contributed by atoms with Gasteiger partial charge in [-0.1, -0.05) is 39.3 Å². The zero-order valence-electron chi connectivity index (χ0n) is 11.9. The lowest BCUT2D eigenvalue weighted by molar-refractivity contribution is 0.333. The maximum absolute atomic E-state index is 6.31. The fourth-order valence-electron chi connectivity index (χ4n) is 2.71. The third kappa shape index (κ3) is 2.61. The zero-order chi connectivity index (χ0) is 13.4. The molecule has 0 amide bonds. The van der Waals surface area contributed by atoms with Gasteiger partial charge in [0.25, 0.3) is 0 Å². The monoisotopic (exact) mass is 285 g/mol. The van der Waals surface area contributed by atoms with Crippen molar-refractivity contribution in [2.24, 2.45) is 0 Å². The van der Waals surface area contributed by atoms with Crippen molar-refractivity contribution in [3.63, 3.8) is 0 Å². The predicted molar refractivity (Wildman–Crippen MR) is 82.1 cm³/mol. The van der Waals surface area contributed by atoms with E-state index in [0.29, 0.717) is 5.41 Å². The van der Waals surface area contributed by atoms with E-state index >= 15 is 0 Å². The van der Waals surface area contributed by atoms with Gasteiger partial charge in [-0.25, -0.2) is 0 Å². The summed E-state index contributed by atoms with van der Waals surface area (Å²) in [6, 6.07) is 2.21. The van der Waals surface area contributed by atoms with Gasteiger partial charge in [-0.2, -0.15) is 0 Å². The van der Waals surface area contributed by atoms with Gasteiger partial charge in [0.15, 0.2) is 0 Å². The van der Waals surface area contributed by atoms with Crippen molar-refractivity contribution in [1.29, 1.82) is 0 Å². The van der Waals surface area contributed by atoms with Crippen LogP contribution in [0.4, 0.5) is 0 Å². The zero-order valence-corrected chi connectivity index (χ0v) is 13.5. The molecule has 1 nitrogen and oxygen atoms in total. The summed E-state index contributed by atoms with van der Waals surface area (Å²) < 4.78 is 0.946. The van der Waals surface area contributed by atoms with E-state index in [9.17, 15) is 0 Å². The Kier molecular flexibility index (Phi) is 4.10. The van der Waals surface area contributed by atoms with Crippen LogP contribution < -0.4 is 5.32 Å². The molecule has 2 rings (SSSR count). The van der Waals surface area contributed by atoms with Gasteiger partial charge >= 0.3 is 0 Å². The third-order valence-corrected chi connectivity index (χ3v) is 6.14. The molecule has 2 heterocycles. The Balaban J connectivity index is 2.44. The highest BCUT2D eigenvalue weighted by Crippen LogP contribution is 2.46. The standard InChI is InChI=1S/C15H24ClNS/c1-5-14(2,3)11-10-12(16)18-13(11)15(4)6-8-17-9-7-15/h10,17H,5-9H2,1-4H3. The van der Waals surface area contributed by atoms with Gasteiger partial charge < -0.3 is 5.32 Å². The second-order valence-corrected chi connectivity index (χ2v) is 8.02. The third-order valence-electron chi connectivity index (χ3n) is 4.57. The molecule has 0 aromatic carbocycles. The molecule has 0 saturated carbocycles. The van der Waals surface area contributed by atoms with Crippen LogP contribution in [0.1, 0.15) is 57.4 Å². The second-order valence-electron chi connectivity index (χ2n) is 6.34. The number of hydrogen-bond donors (Lipinski definition) is 1. The fraction of sp³-hybridized carbons (Fsp3) is 0.733.